The quantitative estimate of drug-likeness (QED) is 0.664. The van der Waals surface area contributed by atoms with Gasteiger partial charge in [-0.15, -0.1) is 12.4 Å². The van der Waals surface area contributed by atoms with Gasteiger partial charge in [-0.3, -0.25) is 0 Å². The third kappa shape index (κ3) is 3.69. The van der Waals surface area contributed by atoms with E-state index in [1.165, 1.54) is 24.0 Å². The molecule has 3 aliphatic carbocycles. The molecule has 4 N–H and O–H groups in total. The molecule has 0 saturated heterocycles. The zero-order valence-corrected chi connectivity index (χ0v) is 18.7. The Balaban J connectivity index is 0.00000240. The highest BCUT2D eigenvalue weighted by molar-refractivity contribution is 5.85. The molecule has 1 aromatic carbocycles. The summed E-state index contributed by atoms with van der Waals surface area (Å²) in [6.45, 7) is 5.73. The van der Waals surface area contributed by atoms with E-state index in [-0.39, 0.29) is 41.9 Å². The van der Waals surface area contributed by atoms with E-state index in [0.29, 0.717) is 17.8 Å². The third-order valence-electron chi connectivity index (χ3n) is 8.95. The van der Waals surface area contributed by atoms with Gasteiger partial charge in [0.1, 0.15) is 0 Å². The molecule has 0 aromatic heterocycles. The summed E-state index contributed by atoms with van der Waals surface area (Å²) in [6.07, 6.45) is 8.28. The Hall–Kier alpha value is -0.870. The minimum atomic E-state index is -0.256. The molecule has 0 radical (unpaired) electrons. The van der Waals surface area contributed by atoms with E-state index in [1.54, 1.807) is 0 Å². The largest absolute Gasteiger partial charge is 0.396 e. The van der Waals surface area contributed by atoms with Gasteiger partial charge in [0.2, 0.25) is 0 Å². The molecule has 0 bridgehead atoms. The van der Waals surface area contributed by atoms with E-state index in [4.69, 9.17) is 5.73 Å². The number of hydrogen-bond acceptors (Lipinski definition) is 3. The lowest BCUT2D eigenvalue weighted by Crippen LogP contribution is -2.53. The molecule has 1 aromatic rings. The summed E-state index contributed by atoms with van der Waals surface area (Å²) in [7, 11) is 0. The molecule has 0 amide bonds. The monoisotopic (exact) mass is 419 g/mol. The van der Waals surface area contributed by atoms with E-state index in [2.05, 4.69) is 50.3 Å². The molecule has 0 aliphatic heterocycles. The van der Waals surface area contributed by atoms with E-state index in [0.717, 1.165) is 32.2 Å². The normalized spacial score (nSPS) is 42.0. The van der Waals surface area contributed by atoms with Crippen molar-refractivity contribution in [1.82, 2.24) is 0 Å². The number of nitrogens with two attached hydrogens (primary N) is 1. The van der Waals surface area contributed by atoms with Crippen LogP contribution in [0.25, 0.3) is 5.57 Å². The smallest absolute Gasteiger partial charge is 0.0544 e. The fraction of sp³-hybridized carbons (Fsp3) is 0.680. The first kappa shape index (κ1) is 22.8. The average Bonchev–Trinajstić information content (AvgIpc) is 3.06. The van der Waals surface area contributed by atoms with Gasteiger partial charge in [0.05, 0.1) is 6.10 Å². The molecule has 29 heavy (non-hydrogen) atoms. The first-order valence-corrected chi connectivity index (χ1v) is 11.2. The molecule has 4 heteroatoms. The lowest BCUT2D eigenvalue weighted by atomic mass is 9.48. The Bertz CT molecular complexity index is 723. The summed E-state index contributed by atoms with van der Waals surface area (Å²) >= 11 is 0. The van der Waals surface area contributed by atoms with Gasteiger partial charge < -0.3 is 15.9 Å². The van der Waals surface area contributed by atoms with Crippen molar-refractivity contribution in [3.8, 4) is 0 Å². The molecule has 4 rings (SSSR count). The standard InChI is InChI=1S/C25H37NO2.ClH/c1-24(12-10-19(28)14-18(24)16-27)23-11-13-25(2)21(17-6-4-3-5-7-17)8-9-22(25)20(23)15-26;/h3-8,18-20,22-23,27-28H,9-16,26H2,1-2H3;1H/t18-,19+,20+,22+,23+,24+,25-;/m1./s1. The van der Waals surface area contributed by atoms with Crippen molar-refractivity contribution in [2.45, 2.75) is 58.5 Å². The summed E-state index contributed by atoms with van der Waals surface area (Å²) in [6, 6.07) is 10.9. The highest BCUT2D eigenvalue weighted by Crippen LogP contribution is 2.63. The van der Waals surface area contributed by atoms with Crippen molar-refractivity contribution in [1.29, 1.82) is 0 Å². The molecule has 2 saturated carbocycles. The maximum Gasteiger partial charge on any atom is 0.0544 e. The Morgan fingerprint density at radius 1 is 1.07 bits per heavy atom. The predicted octanol–water partition coefficient (Wildman–Crippen LogP) is 4.66. The van der Waals surface area contributed by atoms with Gasteiger partial charge >= 0.3 is 0 Å². The Morgan fingerprint density at radius 3 is 2.45 bits per heavy atom. The number of rotatable bonds is 4. The molecule has 0 unspecified atom stereocenters. The fourth-order valence-electron chi connectivity index (χ4n) is 7.24. The predicted molar refractivity (Wildman–Crippen MR) is 122 cm³/mol. The molecular formula is C25H38ClNO2. The van der Waals surface area contributed by atoms with Crippen LogP contribution in [0, 0.1) is 34.5 Å². The van der Waals surface area contributed by atoms with Gasteiger partial charge in [-0.25, -0.2) is 0 Å². The Morgan fingerprint density at radius 2 is 1.79 bits per heavy atom. The topological polar surface area (TPSA) is 66.5 Å². The molecule has 162 valence electrons. The molecule has 7 atom stereocenters. The Labute approximate surface area is 182 Å². The zero-order chi connectivity index (χ0) is 19.9. The number of hydrogen-bond donors (Lipinski definition) is 3. The number of aliphatic hydroxyl groups is 2. The minimum Gasteiger partial charge on any atom is -0.396 e. The van der Waals surface area contributed by atoms with Crippen LogP contribution in [0.4, 0.5) is 0 Å². The molecule has 0 heterocycles. The SMILES string of the molecule is C[C@]1([C@H]2CC[C@]3(C)C(c4ccccc4)=CC[C@H]3[C@@H]2CN)CC[C@H](O)C[C@@H]1CO.Cl. The van der Waals surface area contributed by atoms with Gasteiger partial charge in [-0.1, -0.05) is 50.3 Å². The number of allylic oxidation sites excluding steroid dienone is 2. The third-order valence-corrected chi connectivity index (χ3v) is 8.95. The molecule has 3 nitrogen and oxygen atoms in total. The second-order valence-electron chi connectivity index (χ2n) is 10.1. The van der Waals surface area contributed by atoms with Crippen molar-refractivity contribution < 1.29 is 10.2 Å². The summed E-state index contributed by atoms with van der Waals surface area (Å²) in [5, 5.41) is 20.3. The van der Waals surface area contributed by atoms with Crippen molar-refractivity contribution in [3.05, 3.63) is 42.0 Å². The molecular weight excluding hydrogens is 382 g/mol. The van der Waals surface area contributed by atoms with Crippen LogP contribution >= 0.6 is 12.4 Å². The average molecular weight is 420 g/mol. The summed E-state index contributed by atoms with van der Waals surface area (Å²) < 4.78 is 0. The first-order chi connectivity index (χ1) is 13.4. The second-order valence-corrected chi connectivity index (χ2v) is 10.1. The van der Waals surface area contributed by atoms with Crippen molar-refractivity contribution in [2.75, 3.05) is 13.2 Å². The van der Waals surface area contributed by atoms with Crippen LogP contribution in [0.2, 0.25) is 0 Å². The molecule has 0 spiro atoms. The van der Waals surface area contributed by atoms with Gasteiger partial charge in [-0.2, -0.15) is 0 Å². The lowest BCUT2D eigenvalue weighted by molar-refractivity contribution is -0.0904. The maximum absolute atomic E-state index is 10.2. The maximum atomic E-state index is 10.2. The van der Waals surface area contributed by atoms with Crippen LogP contribution in [0.5, 0.6) is 0 Å². The summed E-state index contributed by atoms with van der Waals surface area (Å²) in [5.41, 5.74) is 9.59. The zero-order valence-electron chi connectivity index (χ0n) is 17.9. The van der Waals surface area contributed by atoms with Crippen molar-refractivity contribution >= 4 is 18.0 Å². The van der Waals surface area contributed by atoms with Crippen LogP contribution in [0.1, 0.15) is 57.9 Å². The van der Waals surface area contributed by atoms with Crippen LogP contribution < -0.4 is 5.73 Å². The lowest BCUT2D eigenvalue weighted by Gasteiger charge is -2.57. The van der Waals surface area contributed by atoms with Crippen molar-refractivity contribution in [3.63, 3.8) is 0 Å². The summed E-state index contributed by atoms with van der Waals surface area (Å²) in [4.78, 5) is 0. The number of halogens is 1. The minimum absolute atomic E-state index is 0. The first-order valence-electron chi connectivity index (χ1n) is 11.2. The van der Waals surface area contributed by atoms with Gasteiger partial charge in [0, 0.05) is 6.61 Å². The van der Waals surface area contributed by atoms with E-state index in [1.807, 2.05) is 0 Å². The van der Waals surface area contributed by atoms with Crippen molar-refractivity contribution in [2.24, 2.45) is 40.2 Å². The van der Waals surface area contributed by atoms with Crippen LogP contribution in [0.3, 0.4) is 0 Å². The number of fused-ring (bicyclic) bond motifs is 1. The molecule has 3 aliphatic rings. The summed E-state index contributed by atoms with van der Waals surface area (Å²) in [5.74, 6) is 1.77. The second kappa shape index (κ2) is 8.70. The Kier molecular flexibility index (Phi) is 6.85. The molecule has 2 fully saturated rings. The van der Waals surface area contributed by atoms with Gasteiger partial charge in [0.15, 0.2) is 0 Å². The van der Waals surface area contributed by atoms with E-state index < -0.39 is 0 Å². The number of aliphatic hydroxyl groups excluding tert-OH is 2. The van der Waals surface area contributed by atoms with Crippen LogP contribution in [-0.2, 0) is 0 Å². The van der Waals surface area contributed by atoms with Gasteiger partial charge in [-0.05, 0) is 90.7 Å². The highest BCUT2D eigenvalue weighted by atomic mass is 35.5. The van der Waals surface area contributed by atoms with E-state index >= 15 is 0 Å². The fourth-order valence-corrected chi connectivity index (χ4v) is 7.24. The van der Waals surface area contributed by atoms with Gasteiger partial charge in [0.25, 0.3) is 0 Å². The number of benzene rings is 1. The highest BCUT2D eigenvalue weighted by Gasteiger charge is 2.56. The van der Waals surface area contributed by atoms with Crippen LogP contribution in [-0.4, -0.2) is 29.5 Å². The van der Waals surface area contributed by atoms with E-state index in [9.17, 15) is 10.2 Å². The van der Waals surface area contributed by atoms with Crippen LogP contribution in [0.15, 0.2) is 36.4 Å².